The highest BCUT2D eigenvalue weighted by Crippen LogP contribution is 2.36. The molecule has 8 nitrogen and oxygen atoms in total. The van der Waals surface area contributed by atoms with Crippen LogP contribution in [0.25, 0.3) is 11.4 Å². The zero-order valence-electron chi connectivity index (χ0n) is 15.4. The number of tetrazole rings is 1. The summed E-state index contributed by atoms with van der Waals surface area (Å²) >= 11 is 0. The second kappa shape index (κ2) is 8.18. The van der Waals surface area contributed by atoms with Crippen LogP contribution in [0.2, 0.25) is 0 Å². The molecule has 0 spiro atoms. The molecule has 3 rings (SSSR count). The van der Waals surface area contributed by atoms with Crippen LogP contribution in [0.5, 0.6) is 0 Å². The van der Waals surface area contributed by atoms with Crippen LogP contribution in [0, 0.1) is 5.92 Å². The van der Waals surface area contributed by atoms with Crippen LogP contribution < -0.4 is 4.72 Å². The molecule has 1 saturated carbocycles. The highest BCUT2D eigenvalue weighted by molar-refractivity contribution is 7.89. The average molecular weight is 415 g/mol. The van der Waals surface area contributed by atoms with Crippen LogP contribution in [-0.4, -0.2) is 52.3 Å². The second-order valence-electron chi connectivity index (χ2n) is 7.19. The van der Waals surface area contributed by atoms with Crippen molar-refractivity contribution >= 4 is 10.0 Å². The van der Waals surface area contributed by atoms with Gasteiger partial charge in [-0.2, -0.15) is 4.80 Å². The molecule has 0 radical (unpaired) electrons. The number of nitrogens with zero attached hydrogens (tertiary/aromatic N) is 4. The highest BCUT2D eigenvalue weighted by Gasteiger charge is 2.35. The maximum absolute atomic E-state index is 13.2. The van der Waals surface area contributed by atoms with Gasteiger partial charge in [-0.05, 0) is 55.2 Å². The van der Waals surface area contributed by atoms with Gasteiger partial charge in [-0.1, -0.05) is 0 Å². The first-order valence-electron chi connectivity index (χ1n) is 9.08. The molecule has 1 aromatic carbocycles. The Balaban J connectivity index is 1.64. The summed E-state index contributed by atoms with van der Waals surface area (Å²) in [4.78, 5) is 1.46. The van der Waals surface area contributed by atoms with Crippen LogP contribution in [0.15, 0.2) is 29.2 Å². The molecule has 2 N–H and O–H groups in total. The fraction of sp³-hybridized carbons (Fsp3) is 0.588. The molecular weight excluding hydrogens is 392 g/mol. The molecular formula is C17H23F2N5O3S. The standard InChI is InChI=1S/C17H23F2N5O3S/c1-12(25)10-20-28(26,27)15-4-2-14(3-5-15)16-21-23-24(22-16)11-13-6-8-17(18,19)9-7-13/h2-5,12-13,20,25H,6-11H2,1H3/t12-/m1/s1. The Hall–Kier alpha value is -1.98. The lowest BCUT2D eigenvalue weighted by molar-refractivity contribution is -0.0480. The number of hydrogen-bond acceptors (Lipinski definition) is 6. The van der Waals surface area contributed by atoms with Crippen LogP contribution in [0.3, 0.4) is 0 Å². The van der Waals surface area contributed by atoms with Gasteiger partial charge in [-0.3, -0.25) is 0 Å². The van der Waals surface area contributed by atoms with Gasteiger partial charge in [-0.25, -0.2) is 21.9 Å². The molecule has 154 valence electrons. The van der Waals surface area contributed by atoms with Gasteiger partial charge in [0.05, 0.1) is 17.5 Å². The Morgan fingerprint density at radius 2 is 1.93 bits per heavy atom. The number of aromatic nitrogens is 4. The molecule has 0 bridgehead atoms. The van der Waals surface area contributed by atoms with E-state index in [0.29, 0.717) is 30.8 Å². The van der Waals surface area contributed by atoms with E-state index in [4.69, 9.17) is 0 Å². The molecule has 28 heavy (non-hydrogen) atoms. The van der Waals surface area contributed by atoms with Crippen LogP contribution in [0.1, 0.15) is 32.6 Å². The Labute approximate surface area is 162 Å². The minimum atomic E-state index is -3.71. The zero-order chi connectivity index (χ0) is 20.4. The minimum absolute atomic E-state index is 0.0624. The summed E-state index contributed by atoms with van der Waals surface area (Å²) in [5.74, 6) is -2.14. The molecule has 0 amide bonds. The lowest BCUT2D eigenvalue weighted by Gasteiger charge is -2.27. The Kier molecular flexibility index (Phi) is 6.06. The van der Waals surface area contributed by atoms with Crippen molar-refractivity contribution in [1.29, 1.82) is 0 Å². The number of sulfonamides is 1. The molecule has 1 aliphatic rings. The van der Waals surface area contributed by atoms with E-state index in [1.165, 1.54) is 23.9 Å². The van der Waals surface area contributed by atoms with Crippen molar-refractivity contribution in [2.45, 2.75) is 56.1 Å². The molecule has 1 atom stereocenters. The zero-order valence-corrected chi connectivity index (χ0v) is 16.2. The number of aliphatic hydroxyl groups excluding tert-OH is 1. The predicted octanol–water partition coefficient (Wildman–Crippen LogP) is 1.82. The summed E-state index contributed by atoms with van der Waals surface area (Å²) in [6, 6.07) is 5.98. The molecule has 1 aromatic heterocycles. The van der Waals surface area contributed by atoms with Gasteiger partial charge in [0.1, 0.15) is 0 Å². The fourth-order valence-electron chi connectivity index (χ4n) is 3.05. The third-order valence-electron chi connectivity index (χ3n) is 4.70. The molecule has 0 saturated heterocycles. The van der Waals surface area contributed by atoms with E-state index in [1.54, 1.807) is 12.1 Å². The van der Waals surface area contributed by atoms with Gasteiger partial charge in [0.2, 0.25) is 21.8 Å². The predicted molar refractivity (Wildman–Crippen MR) is 97.0 cm³/mol. The highest BCUT2D eigenvalue weighted by atomic mass is 32.2. The second-order valence-corrected chi connectivity index (χ2v) is 8.96. The number of hydrogen-bond donors (Lipinski definition) is 2. The SMILES string of the molecule is C[C@@H](O)CNS(=O)(=O)c1ccc(-c2nnn(CC3CCC(F)(F)CC3)n2)cc1. The van der Waals surface area contributed by atoms with Gasteiger partial charge >= 0.3 is 0 Å². The maximum atomic E-state index is 13.2. The van der Waals surface area contributed by atoms with Gasteiger partial charge in [0.25, 0.3) is 0 Å². The maximum Gasteiger partial charge on any atom is 0.248 e. The Morgan fingerprint density at radius 1 is 1.29 bits per heavy atom. The molecule has 11 heteroatoms. The van der Waals surface area contributed by atoms with Crippen molar-refractivity contribution in [3.05, 3.63) is 24.3 Å². The first-order chi connectivity index (χ1) is 13.1. The van der Waals surface area contributed by atoms with E-state index in [9.17, 15) is 22.3 Å². The quantitative estimate of drug-likeness (QED) is 0.714. The number of benzene rings is 1. The fourth-order valence-corrected chi connectivity index (χ4v) is 4.17. The third kappa shape index (κ3) is 5.30. The van der Waals surface area contributed by atoms with Gasteiger partial charge < -0.3 is 5.11 Å². The molecule has 1 heterocycles. The normalized spacial score (nSPS) is 18.9. The van der Waals surface area contributed by atoms with Crippen LogP contribution >= 0.6 is 0 Å². The van der Waals surface area contributed by atoms with Gasteiger partial charge in [0.15, 0.2) is 0 Å². The monoisotopic (exact) mass is 415 g/mol. The summed E-state index contributed by atoms with van der Waals surface area (Å²) in [7, 11) is -3.71. The lowest BCUT2D eigenvalue weighted by Crippen LogP contribution is -2.30. The molecule has 1 fully saturated rings. The number of nitrogens with one attached hydrogen (secondary N) is 1. The van der Waals surface area contributed by atoms with E-state index < -0.39 is 22.0 Å². The summed E-state index contributed by atoms with van der Waals surface area (Å²) in [6.07, 6.45) is -0.161. The number of aliphatic hydroxyl groups is 1. The smallest absolute Gasteiger partial charge is 0.248 e. The van der Waals surface area contributed by atoms with Crippen molar-refractivity contribution in [1.82, 2.24) is 24.9 Å². The summed E-state index contributed by atoms with van der Waals surface area (Å²) in [6.45, 7) is 1.84. The van der Waals surface area contributed by atoms with E-state index >= 15 is 0 Å². The first kappa shape index (κ1) is 20.7. The van der Waals surface area contributed by atoms with Crippen LogP contribution in [-0.2, 0) is 16.6 Å². The average Bonchev–Trinajstić information content (AvgIpc) is 3.11. The van der Waals surface area contributed by atoms with Crippen molar-refractivity contribution in [3.8, 4) is 11.4 Å². The lowest BCUT2D eigenvalue weighted by atomic mass is 9.87. The first-order valence-corrected chi connectivity index (χ1v) is 10.6. The Morgan fingerprint density at radius 3 is 2.54 bits per heavy atom. The van der Waals surface area contributed by atoms with E-state index in [0.717, 1.165) is 0 Å². The van der Waals surface area contributed by atoms with Crippen molar-refractivity contribution in [2.24, 2.45) is 5.92 Å². The molecule has 0 unspecified atom stereocenters. The van der Waals surface area contributed by atoms with Crippen molar-refractivity contribution in [3.63, 3.8) is 0 Å². The molecule has 2 aromatic rings. The summed E-state index contributed by atoms with van der Waals surface area (Å²) in [5.41, 5.74) is 0.593. The van der Waals surface area contributed by atoms with E-state index in [2.05, 4.69) is 20.1 Å². The summed E-state index contributed by atoms with van der Waals surface area (Å²) < 4.78 is 53.0. The van der Waals surface area contributed by atoms with Crippen LogP contribution in [0.4, 0.5) is 8.78 Å². The van der Waals surface area contributed by atoms with E-state index in [-0.39, 0.29) is 30.2 Å². The van der Waals surface area contributed by atoms with Crippen molar-refractivity contribution in [2.75, 3.05) is 6.54 Å². The third-order valence-corrected chi connectivity index (χ3v) is 6.14. The minimum Gasteiger partial charge on any atom is -0.392 e. The Bertz CT molecular complexity index is 890. The number of alkyl halides is 2. The topological polar surface area (TPSA) is 110 Å². The van der Waals surface area contributed by atoms with Gasteiger partial charge in [0, 0.05) is 24.9 Å². The molecule has 1 aliphatic carbocycles. The number of halogens is 2. The van der Waals surface area contributed by atoms with Gasteiger partial charge in [-0.15, -0.1) is 10.2 Å². The van der Waals surface area contributed by atoms with E-state index in [1.807, 2.05) is 0 Å². The largest absolute Gasteiger partial charge is 0.392 e. The molecule has 0 aliphatic heterocycles. The number of rotatable bonds is 7. The van der Waals surface area contributed by atoms with Crippen molar-refractivity contribution < 1.29 is 22.3 Å². The summed E-state index contributed by atoms with van der Waals surface area (Å²) in [5, 5.41) is 21.4.